The first-order chi connectivity index (χ1) is 13.5. The van der Waals surface area contributed by atoms with E-state index in [9.17, 15) is 9.59 Å². The number of anilines is 1. The Morgan fingerprint density at radius 2 is 2.00 bits per heavy atom. The number of benzene rings is 1. The van der Waals surface area contributed by atoms with E-state index in [2.05, 4.69) is 15.3 Å². The Balaban J connectivity index is 1.67. The summed E-state index contributed by atoms with van der Waals surface area (Å²) in [5.41, 5.74) is 1.96. The minimum Gasteiger partial charge on any atom is -0.365 e. The first-order valence-corrected chi connectivity index (χ1v) is 10.2. The lowest BCUT2D eigenvalue weighted by Crippen LogP contribution is -2.31. The molecule has 3 rings (SSSR count). The van der Waals surface area contributed by atoms with Gasteiger partial charge in [0.2, 0.25) is 0 Å². The number of aromatic nitrogens is 2. The van der Waals surface area contributed by atoms with Crippen molar-refractivity contribution in [2.24, 2.45) is 0 Å². The summed E-state index contributed by atoms with van der Waals surface area (Å²) in [6.07, 6.45) is 7.24. The van der Waals surface area contributed by atoms with E-state index in [1.165, 1.54) is 31.7 Å². The Labute approximate surface area is 165 Å². The highest BCUT2D eigenvalue weighted by Crippen LogP contribution is 2.22. The van der Waals surface area contributed by atoms with E-state index >= 15 is 0 Å². The third-order valence-electron chi connectivity index (χ3n) is 5.13. The maximum Gasteiger partial charge on any atom is 0.253 e. The van der Waals surface area contributed by atoms with E-state index in [1.54, 1.807) is 6.92 Å². The molecule has 6 nitrogen and oxygen atoms in total. The topological polar surface area (TPSA) is 84.1 Å². The maximum absolute atomic E-state index is 12.6. The molecule has 150 valence electrons. The van der Waals surface area contributed by atoms with E-state index in [4.69, 9.17) is 4.74 Å². The SMILES string of the molecule is CCc1cc(=O)[nH]c(-c2cccc(NC(=O)[C@H](C)OC3CCCCCC3)c2)n1. The summed E-state index contributed by atoms with van der Waals surface area (Å²) in [7, 11) is 0. The average molecular weight is 383 g/mol. The number of carbonyl (C=O) groups is 1. The van der Waals surface area contributed by atoms with Crippen LogP contribution in [0.2, 0.25) is 0 Å². The molecule has 1 aromatic carbocycles. The van der Waals surface area contributed by atoms with Gasteiger partial charge in [0.1, 0.15) is 11.9 Å². The molecule has 1 aromatic heterocycles. The summed E-state index contributed by atoms with van der Waals surface area (Å²) >= 11 is 0. The highest BCUT2D eigenvalue weighted by Gasteiger charge is 2.20. The smallest absolute Gasteiger partial charge is 0.253 e. The summed E-state index contributed by atoms with van der Waals surface area (Å²) in [6.45, 7) is 3.76. The molecule has 28 heavy (non-hydrogen) atoms. The predicted octanol–water partition coefficient (Wildman–Crippen LogP) is 4.07. The van der Waals surface area contributed by atoms with Crippen LogP contribution in [-0.2, 0) is 16.0 Å². The number of carbonyl (C=O) groups excluding carboxylic acids is 1. The molecule has 1 heterocycles. The third-order valence-corrected chi connectivity index (χ3v) is 5.13. The summed E-state index contributed by atoms with van der Waals surface area (Å²) in [6, 6.07) is 8.83. The molecule has 0 radical (unpaired) electrons. The standard InChI is InChI=1S/C22H29N3O3/c1-3-17-14-20(26)25-21(23-17)16-9-8-10-18(13-16)24-22(27)15(2)28-19-11-6-4-5-7-12-19/h8-10,13-15,19H,3-7,11-12H2,1-2H3,(H,24,27)(H,23,25,26)/t15-/m0/s1. The minimum absolute atomic E-state index is 0.162. The van der Waals surface area contributed by atoms with Crippen LogP contribution in [-0.4, -0.2) is 28.1 Å². The molecule has 2 aromatic rings. The molecule has 0 unspecified atom stereocenters. The van der Waals surface area contributed by atoms with E-state index < -0.39 is 6.10 Å². The first kappa shape index (κ1) is 20.3. The summed E-state index contributed by atoms with van der Waals surface area (Å²) < 4.78 is 5.99. The summed E-state index contributed by atoms with van der Waals surface area (Å²) in [5, 5.41) is 2.92. The van der Waals surface area contributed by atoms with Crippen LogP contribution in [0.25, 0.3) is 11.4 Å². The van der Waals surface area contributed by atoms with Crippen molar-refractivity contribution in [2.75, 3.05) is 5.32 Å². The molecule has 0 saturated heterocycles. The van der Waals surface area contributed by atoms with Gasteiger partial charge >= 0.3 is 0 Å². The van der Waals surface area contributed by atoms with Gasteiger partial charge in [-0.05, 0) is 38.3 Å². The Morgan fingerprint density at radius 3 is 2.71 bits per heavy atom. The van der Waals surface area contributed by atoms with Crippen LogP contribution < -0.4 is 10.9 Å². The quantitative estimate of drug-likeness (QED) is 0.737. The molecule has 1 fully saturated rings. The lowest BCUT2D eigenvalue weighted by molar-refractivity contribution is -0.130. The van der Waals surface area contributed by atoms with Crippen molar-refractivity contribution < 1.29 is 9.53 Å². The number of aromatic amines is 1. The molecule has 1 amide bonds. The van der Waals surface area contributed by atoms with Crippen molar-refractivity contribution in [3.05, 3.63) is 46.4 Å². The molecule has 6 heteroatoms. The second-order valence-corrected chi connectivity index (χ2v) is 7.40. The molecule has 0 spiro atoms. The molecular formula is C22H29N3O3. The van der Waals surface area contributed by atoms with E-state index in [0.717, 1.165) is 24.1 Å². The number of nitrogens with zero attached hydrogens (tertiary/aromatic N) is 1. The van der Waals surface area contributed by atoms with Crippen LogP contribution in [0.15, 0.2) is 35.1 Å². The number of H-pyrrole nitrogens is 1. The van der Waals surface area contributed by atoms with Crippen LogP contribution in [0.5, 0.6) is 0 Å². The molecule has 1 aliphatic rings. The van der Waals surface area contributed by atoms with Crippen molar-refractivity contribution in [2.45, 2.75) is 71.0 Å². The summed E-state index contributed by atoms with van der Waals surface area (Å²) in [5.74, 6) is 0.341. The van der Waals surface area contributed by atoms with Gasteiger partial charge < -0.3 is 15.0 Å². The number of hydrogen-bond donors (Lipinski definition) is 2. The van der Waals surface area contributed by atoms with Crippen LogP contribution in [0.4, 0.5) is 5.69 Å². The maximum atomic E-state index is 12.6. The van der Waals surface area contributed by atoms with Gasteiger partial charge in [-0.1, -0.05) is 44.7 Å². The molecule has 2 N–H and O–H groups in total. The molecule has 1 saturated carbocycles. The van der Waals surface area contributed by atoms with Gasteiger partial charge in [0.15, 0.2) is 0 Å². The molecule has 1 aliphatic carbocycles. The number of ether oxygens (including phenoxy) is 1. The zero-order chi connectivity index (χ0) is 19.9. The number of aryl methyl sites for hydroxylation is 1. The fourth-order valence-corrected chi connectivity index (χ4v) is 3.54. The van der Waals surface area contributed by atoms with Crippen molar-refractivity contribution in [1.82, 2.24) is 9.97 Å². The lowest BCUT2D eigenvalue weighted by Gasteiger charge is -2.20. The van der Waals surface area contributed by atoms with Crippen LogP contribution in [0.3, 0.4) is 0 Å². The van der Waals surface area contributed by atoms with Gasteiger partial charge in [0.25, 0.3) is 11.5 Å². The van der Waals surface area contributed by atoms with Gasteiger partial charge in [0, 0.05) is 23.0 Å². The molecular weight excluding hydrogens is 354 g/mol. The van der Waals surface area contributed by atoms with Crippen molar-refractivity contribution in [1.29, 1.82) is 0 Å². The molecule has 0 bridgehead atoms. The van der Waals surface area contributed by atoms with Gasteiger partial charge in [-0.3, -0.25) is 9.59 Å². The Kier molecular flexibility index (Phi) is 6.98. The number of rotatable bonds is 6. The van der Waals surface area contributed by atoms with E-state index in [0.29, 0.717) is 17.9 Å². The average Bonchev–Trinajstić information content (AvgIpc) is 2.96. The highest BCUT2D eigenvalue weighted by atomic mass is 16.5. The first-order valence-electron chi connectivity index (χ1n) is 10.2. The van der Waals surface area contributed by atoms with E-state index in [-0.39, 0.29) is 17.6 Å². The third kappa shape index (κ3) is 5.52. The number of hydrogen-bond acceptors (Lipinski definition) is 4. The fourth-order valence-electron chi connectivity index (χ4n) is 3.54. The Morgan fingerprint density at radius 1 is 1.25 bits per heavy atom. The van der Waals surface area contributed by atoms with Gasteiger partial charge in [-0.2, -0.15) is 0 Å². The fraction of sp³-hybridized carbons (Fsp3) is 0.500. The van der Waals surface area contributed by atoms with E-state index in [1.807, 2.05) is 31.2 Å². The Bertz CT molecular complexity index is 854. The minimum atomic E-state index is -0.506. The van der Waals surface area contributed by atoms with Crippen molar-refractivity contribution >= 4 is 11.6 Å². The second kappa shape index (κ2) is 9.64. The predicted molar refractivity (Wildman–Crippen MR) is 110 cm³/mol. The Hall–Kier alpha value is -2.47. The van der Waals surface area contributed by atoms with Crippen LogP contribution >= 0.6 is 0 Å². The van der Waals surface area contributed by atoms with Crippen LogP contribution in [0.1, 0.15) is 58.1 Å². The lowest BCUT2D eigenvalue weighted by atomic mass is 10.1. The molecule has 0 aliphatic heterocycles. The monoisotopic (exact) mass is 383 g/mol. The van der Waals surface area contributed by atoms with Gasteiger partial charge in [-0.25, -0.2) is 4.98 Å². The van der Waals surface area contributed by atoms with Gasteiger partial charge in [-0.15, -0.1) is 0 Å². The second-order valence-electron chi connectivity index (χ2n) is 7.40. The molecule has 1 atom stereocenters. The van der Waals surface area contributed by atoms with Crippen molar-refractivity contribution in [3.8, 4) is 11.4 Å². The highest BCUT2D eigenvalue weighted by molar-refractivity contribution is 5.94. The van der Waals surface area contributed by atoms with Crippen LogP contribution in [0, 0.1) is 0 Å². The normalized spacial score (nSPS) is 16.4. The zero-order valence-electron chi connectivity index (χ0n) is 16.7. The van der Waals surface area contributed by atoms with Gasteiger partial charge in [0.05, 0.1) is 6.10 Å². The zero-order valence-corrected chi connectivity index (χ0v) is 16.7. The largest absolute Gasteiger partial charge is 0.365 e. The summed E-state index contributed by atoms with van der Waals surface area (Å²) in [4.78, 5) is 31.6. The van der Waals surface area contributed by atoms with Crippen molar-refractivity contribution in [3.63, 3.8) is 0 Å². The number of amides is 1. The number of nitrogens with one attached hydrogen (secondary N) is 2.